The summed E-state index contributed by atoms with van der Waals surface area (Å²) in [7, 11) is 0. The van der Waals surface area contributed by atoms with Crippen molar-refractivity contribution in [1.29, 1.82) is 0 Å². The Morgan fingerprint density at radius 1 is 1.20 bits per heavy atom. The molecule has 25 heavy (non-hydrogen) atoms. The molecular weight excluding hydrogens is 362 g/mol. The Bertz CT molecular complexity index is 573. The van der Waals surface area contributed by atoms with E-state index < -0.39 is 0 Å². The number of carbonyl (C=O) groups is 2. The molecule has 2 aliphatic heterocycles. The maximum atomic E-state index is 12.1. The molecule has 1 aromatic carbocycles. The summed E-state index contributed by atoms with van der Waals surface area (Å²) in [4.78, 5) is 24.1. The Balaban J connectivity index is 0.00000225. The van der Waals surface area contributed by atoms with Crippen molar-refractivity contribution in [2.45, 2.75) is 31.4 Å². The number of rotatable bonds is 5. The first-order valence-corrected chi connectivity index (χ1v) is 9.50. The molecule has 0 radical (unpaired) electrons. The summed E-state index contributed by atoms with van der Waals surface area (Å²) in [6.07, 6.45) is 1.83. The van der Waals surface area contributed by atoms with Crippen molar-refractivity contribution >= 4 is 47.4 Å². The van der Waals surface area contributed by atoms with Crippen LogP contribution in [0.2, 0.25) is 0 Å². The van der Waals surface area contributed by atoms with Gasteiger partial charge in [-0.3, -0.25) is 9.59 Å². The zero-order valence-electron chi connectivity index (χ0n) is 14.0. The molecule has 2 aliphatic rings. The monoisotopic (exact) mass is 385 g/mol. The average Bonchev–Trinajstić information content (AvgIpc) is 3.12. The second kappa shape index (κ2) is 10.0. The Morgan fingerprint density at radius 2 is 1.92 bits per heavy atom. The van der Waals surface area contributed by atoms with E-state index in [-0.39, 0.29) is 36.4 Å². The highest BCUT2D eigenvalue weighted by Gasteiger charge is 2.23. The molecule has 2 saturated heterocycles. The van der Waals surface area contributed by atoms with Crippen molar-refractivity contribution in [3.63, 3.8) is 0 Å². The van der Waals surface area contributed by atoms with E-state index in [1.54, 1.807) is 24.3 Å². The first kappa shape index (κ1) is 20.0. The number of nitrogens with one attached hydrogen (secondary N) is 3. The van der Waals surface area contributed by atoms with Crippen LogP contribution >= 0.6 is 24.2 Å². The van der Waals surface area contributed by atoms with Gasteiger partial charge in [-0.1, -0.05) is 0 Å². The van der Waals surface area contributed by atoms with Crippen LogP contribution in [0.25, 0.3) is 0 Å². The molecule has 2 fully saturated rings. The van der Waals surface area contributed by atoms with Crippen LogP contribution in [-0.2, 0) is 14.3 Å². The lowest BCUT2D eigenvalue weighted by molar-refractivity contribution is -0.124. The number of hydrogen-bond donors (Lipinski definition) is 3. The van der Waals surface area contributed by atoms with E-state index in [1.165, 1.54) is 0 Å². The first-order chi connectivity index (χ1) is 11.7. The lowest BCUT2D eigenvalue weighted by Crippen LogP contribution is -2.39. The predicted octanol–water partition coefficient (Wildman–Crippen LogP) is 2.26. The van der Waals surface area contributed by atoms with Gasteiger partial charge in [0.25, 0.3) is 5.91 Å². The average molecular weight is 386 g/mol. The molecule has 3 rings (SSSR count). The van der Waals surface area contributed by atoms with E-state index >= 15 is 0 Å². The zero-order chi connectivity index (χ0) is 16.8. The number of thioether (sulfide) groups is 1. The topological polar surface area (TPSA) is 79.5 Å². The third kappa shape index (κ3) is 6.18. The summed E-state index contributed by atoms with van der Waals surface area (Å²) in [5.41, 5.74) is 1.44. The van der Waals surface area contributed by atoms with Crippen molar-refractivity contribution in [3.05, 3.63) is 24.3 Å². The van der Waals surface area contributed by atoms with Gasteiger partial charge in [-0.25, -0.2) is 0 Å². The molecule has 1 aromatic rings. The quantitative estimate of drug-likeness (QED) is 0.724. The van der Waals surface area contributed by atoms with Crippen LogP contribution in [0.15, 0.2) is 24.3 Å². The van der Waals surface area contributed by atoms with Crippen molar-refractivity contribution in [2.24, 2.45) is 0 Å². The van der Waals surface area contributed by atoms with Crippen molar-refractivity contribution in [1.82, 2.24) is 5.32 Å². The maximum Gasteiger partial charge on any atom is 0.253 e. The van der Waals surface area contributed by atoms with Crippen molar-refractivity contribution in [3.8, 4) is 0 Å². The molecule has 0 saturated carbocycles. The highest BCUT2D eigenvalue weighted by molar-refractivity contribution is 7.99. The molecule has 0 spiro atoms. The van der Waals surface area contributed by atoms with Crippen LogP contribution in [0.4, 0.5) is 11.4 Å². The minimum absolute atomic E-state index is 0. The molecular formula is C17H24ClN3O3S. The fourth-order valence-corrected chi connectivity index (χ4v) is 3.78. The molecule has 2 unspecified atom stereocenters. The van der Waals surface area contributed by atoms with E-state index in [1.807, 2.05) is 11.8 Å². The third-order valence-corrected chi connectivity index (χ3v) is 5.22. The van der Waals surface area contributed by atoms with Crippen LogP contribution in [-0.4, -0.2) is 48.6 Å². The number of anilines is 2. The molecule has 2 atom stereocenters. The van der Waals surface area contributed by atoms with Crippen molar-refractivity contribution in [2.75, 3.05) is 35.3 Å². The molecule has 6 nitrogen and oxygen atoms in total. The summed E-state index contributed by atoms with van der Waals surface area (Å²) in [6.45, 7) is 1.61. The fraction of sp³-hybridized carbons (Fsp3) is 0.529. The number of hydrogen-bond acceptors (Lipinski definition) is 5. The maximum absolute atomic E-state index is 12.1. The number of ether oxygens (including phenoxy) is 1. The summed E-state index contributed by atoms with van der Waals surface area (Å²) >= 11 is 1.88. The Kier molecular flexibility index (Phi) is 8.02. The van der Waals surface area contributed by atoms with Crippen LogP contribution < -0.4 is 16.0 Å². The number of amides is 2. The van der Waals surface area contributed by atoms with E-state index in [0.717, 1.165) is 36.6 Å². The molecule has 138 valence electrons. The molecule has 3 N–H and O–H groups in total. The van der Waals surface area contributed by atoms with Gasteiger partial charge in [0.15, 0.2) is 0 Å². The predicted molar refractivity (Wildman–Crippen MR) is 104 cm³/mol. The van der Waals surface area contributed by atoms with Crippen LogP contribution in [0.5, 0.6) is 0 Å². The molecule has 2 heterocycles. The van der Waals surface area contributed by atoms with Gasteiger partial charge in [-0.2, -0.15) is 11.8 Å². The lowest BCUT2D eigenvalue weighted by atomic mass is 10.2. The van der Waals surface area contributed by atoms with Gasteiger partial charge in [0.2, 0.25) is 5.91 Å². The number of benzene rings is 1. The van der Waals surface area contributed by atoms with Gasteiger partial charge in [0.1, 0.15) is 6.10 Å². The van der Waals surface area contributed by atoms with Gasteiger partial charge in [-0.05, 0) is 37.1 Å². The summed E-state index contributed by atoms with van der Waals surface area (Å²) in [5.74, 6) is 1.98. The van der Waals surface area contributed by atoms with Gasteiger partial charge >= 0.3 is 0 Å². The fourth-order valence-electron chi connectivity index (χ4n) is 2.83. The number of halogens is 1. The third-order valence-electron chi connectivity index (χ3n) is 4.09. The Hall–Kier alpha value is -1.28. The second-order valence-corrected chi connectivity index (χ2v) is 7.20. The minimum atomic E-state index is -0.342. The van der Waals surface area contributed by atoms with Crippen LogP contribution in [0, 0.1) is 0 Å². The van der Waals surface area contributed by atoms with E-state index in [0.29, 0.717) is 18.7 Å². The normalized spacial score (nSPS) is 22.7. The van der Waals surface area contributed by atoms with Gasteiger partial charge in [-0.15, -0.1) is 12.4 Å². The summed E-state index contributed by atoms with van der Waals surface area (Å²) < 4.78 is 5.36. The zero-order valence-corrected chi connectivity index (χ0v) is 15.6. The smallest absolute Gasteiger partial charge is 0.253 e. The molecule has 0 aromatic heterocycles. The largest absolute Gasteiger partial charge is 0.368 e. The highest BCUT2D eigenvalue weighted by Crippen LogP contribution is 2.18. The first-order valence-electron chi connectivity index (χ1n) is 8.34. The highest BCUT2D eigenvalue weighted by atomic mass is 35.5. The van der Waals surface area contributed by atoms with Gasteiger partial charge < -0.3 is 20.7 Å². The van der Waals surface area contributed by atoms with Crippen LogP contribution in [0.1, 0.15) is 19.3 Å². The van der Waals surface area contributed by atoms with E-state index in [9.17, 15) is 9.59 Å². The van der Waals surface area contributed by atoms with E-state index in [2.05, 4.69) is 16.0 Å². The van der Waals surface area contributed by atoms with E-state index in [4.69, 9.17) is 4.74 Å². The standard InChI is InChI=1S/C17H23N3O3S.ClH/c21-16(10-14-11-24-9-7-18-14)19-12-3-5-13(6-4-12)20-17(22)15-2-1-8-23-15;/h3-6,14-15,18H,1-2,7-11H2,(H,19,21)(H,20,22);1H. The van der Waals surface area contributed by atoms with Crippen LogP contribution in [0.3, 0.4) is 0 Å². The number of carbonyl (C=O) groups excluding carboxylic acids is 2. The molecule has 2 amide bonds. The lowest BCUT2D eigenvalue weighted by Gasteiger charge is -2.22. The summed E-state index contributed by atoms with van der Waals surface area (Å²) in [6, 6.07) is 7.42. The van der Waals surface area contributed by atoms with Gasteiger partial charge in [0.05, 0.1) is 0 Å². The second-order valence-electron chi connectivity index (χ2n) is 6.05. The molecule has 8 heteroatoms. The molecule has 0 aliphatic carbocycles. The molecule has 0 bridgehead atoms. The summed E-state index contributed by atoms with van der Waals surface area (Å²) in [5, 5.41) is 9.09. The Labute approximate surface area is 158 Å². The van der Waals surface area contributed by atoms with Gasteiger partial charge in [0, 0.05) is 48.5 Å². The van der Waals surface area contributed by atoms with Crippen molar-refractivity contribution < 1.29 is 14.3 Å². The Morgan fingerprint density at radius 3 is 2.52 bits per heavy atom. The minimum Gasteiger partial charge on any atom is -0.368 e. The SMILES string of the molecule is Cl.O=C(CC1CSCCN1)Nc1ccc(NC(=O)C2CCCO2)cc1.